The Morgan fingerprint density at radius 2 is 1.64 bits per heavy atom. The number of hydrogen-bond donors (Lipinski definition) is 2. The third kappa shape index (κ3) is 4.69. The third-order valence-corrected chi connectivity index (χ3v) is 1.70. The Morgan fingerprint density at radius 1 is 1.14 bits per heavy atom. The van der Waals surface area contributed by atoms with Crippen molar-refractivity contribution in [2.75, 3.05) is 20.1 Å². The first-order valence-corrected chi connectivity index (χ1v) is 4.97. The fraction of sp³-hybridized carbons (Fsp3) is 0.778. The zero-order valence-corrected chi connectivity index (χ0v) is 9.32. The third-order valence-electron chi connectivity index (χ3n) is 1.70. The van der Waals surface area contributed by atoms with Gasteiger partial charge in [-0.1, -0.05) is 13.8 Å². The summed E-state index contributed by atoms with van der Waals surface area (Å²) in [6.45, 7) is 6.09. The van der Waals surface area contributed by atoms with Crippen LogP contribution in [0.5, 0.6) is 0 Å². The molecule has 0 aliphatic carbocycles. The van der Waals surface area contributed by atoms with Gasteiger partial charge in [0.15, 0.2) is 5.96 Å². The lowest BCUT2D eigenvalue weighted by molar-refractivity contribution is 0.412. The van der Waals surface area contributed by atoms with Crippen molar-refractivity contribution in [3.05, 3.63) is 0 Å². The van der Waals surface area contributed by atoms with Crippen LogP contribution in [0.3, 0.4) is 0 Å². The summed E-state index contributed by atoms with van der Waals surface area (Å²) in [5.74, 6) is 0.677. The van der Waals surface area contributed by atoms with Gasteiger partial charge in [0.1, 0.15) is 0 Å². The second kappa shape index (κ2) is 7.17. The topological polar surface area (TPSA) is 80.0 Å². The van der Waals surface area contributed by atoms with Crippen LogP contribution in [-0.4, -0.2) is 37.0 Å². The van der Waals surface area contributed by atoms with E-state index in [-0.39, 0.29) is 5.96 Å². The summed E-state index contributed by atoms with van der Waals surface area (Å²) in [7, 11) is 1.69. The van der Waals surface area contributed by atoms with E-state index in [4.69, 9.17) is 11.5 Å². The molecule has 0 aliphatic rings. The highest BCUT2D eigenvalue weighted by Crippen LogP contribution is 1.97. The number of nitrogens with two attached hydrogens (primary N) is 2. The molecule has 0 saturated carbocycles. The maximum absolute atomic E-state index is 5.32. The SMILES string of the molecule is CCCN(CCC)C(N=C(N)N)=NC. The second-order valence-electron chi connectivity index (χ2n) is 3.05. The van der Waals surface area contributed by atoms with Crippen molar-refractivity contribution in [2.24, 2.45) is 21.5 Å². The Kier molecular flexibility index (Phi) is 6.53. The molecule has 0 amide bonds. The molecule has 0 heterocycles. The first-order valence-electron chi connectivity index (χ1n) is 4.97. The Morgan fingerprint density at radius 3 is 1.93 bits per heavy atom. The van der Waals surface area contributed by atoms with Gasteiger partial charge >= 0.3 is 0 Å². The molecule has 14 heavy (non-hydrogen) atoms. The van der Waals surface area contributed by atoms with Crippen molar-refractivity contribution >= 4 is 11.9 Å². The van der Waals surface area contributed by atoms with Crippen molar-refractivity contribution in [1.82, 2.24) is 4.90 Å². The normalized spacial score (nSPS) is 11.2. The van der Waals surface area contributed by atoms with Gasteiger partial charge in [0, 0.05) is 20.1 Å². The molecule has 5 nitrogen and oxygen atoms in total. The smallest absolute Gasteiger partial charge is 0.223 e. The summed E-state index contributed by atoms with van der Waals surface area (Å²) >= 11 is 0. The maximum atomic E-state index is 5.32. The highest BCUT2D eigenvalue weighted by Gasteiger charge is 2.07. The highest BCUT2D eigenvalue weighted by atomic mass is 15.3. The van der Waals surface area contributed by atoms with Crippen LogP contribution in [0.4, 0.5) is 0 Å². The van der Waals surface area contributed by atoms with E-state index in [0.29, 0.717) is 5.96 Å². The van der Waals surface area contributed by atoms with E-state index >= 15 is 0 Å². The Hall–Kier alpha value is -1.26. The predicted octanol–water partition coefficient (Wildman–Crippen LogP) is 0.368. The molecule has 82 valence electrons. The Bertz CT molecular complexity index is 199. The predicted molar refractivity (Wildman–Crippen MR) is 61.3 cm³/mol. The van der Waals surface area contributed by atoms with E-state index in [1.54, 1.807) is 7.05 Å². The molecular formula is C9H21N5. The minimum atomic E-state index is 0.0582. The molecule has 0 saturated heterocycles. The van der Waals surface area contributed by atoms with Crippen LogP contribution in [0.15, 0.2) is 9.98 Å². The van der Waals surface area contributed by atoms with Crippen LogP contribution in [0.1, 0.15) is 26.7 Å². The molecule has 0 aromatic heterocycles. The van der Waals surface area contributed by atoms with Gasteiger partial charge in [-0.15, -0.1) is 0 Å². The molecule has 0 atom stereocenters. The van der Waals surface area contributed by atoms with Crippen LogP contribution in [-0.2, 0) is 0 Å². The van der Waals surface area contributed by atoms with E-state index in [1.807, 2.05) is 0 Å². The zero-order chi connectivity index (χ0) is 11.0. The molecule has 0 spiro atoms. The molecule has 5 heteroatoms. The average molecular weight is 199 g/mol. The lowest BCUT2D eigenvalue weighted by Crippen LogP contribution is -2.34. The molecule has 0 rings (SSSR count). The quantitative estimate of drug-likeness (QED) is 0.507. The lowest BCUT2D eigenvalue weighted by atomic mass is 10.4. The van der Waals surface area contributed by atoms with Crippen LogP contribution in [0.2, 0.25) is 0 Å². The van der Waals surface area contributed by atoms with Crippen LogP contribution in [0.25, 0.3) is 0 Å². The molecule has 0 aromatic rings. The van der Waals surface area contributed by atoms with Gasteiger partial charge in [0.2, 0.25) is 5.96 Å². The summed E-state index contributed by atoms with van der Waals surface area (Å²) in [5.41, 5.74) is 10.6. The number of guanidine groups is 2. The molecule has 0 radical (unpaired) electrons. The van der Waals surface area contributed by atoms with E-state index in [9.17, 15) is 0 Å². The zero-order valence-electron chi connectivity index (χ0n) is 9.32. The van der Waals surface area contributed by atoms with Gasteiger partial charge in [-0.3, -0.25) is 4.99 Å². The van der Waals surface area contributed by atoms with Crippen molar-refractivity contribution in [3.8, 4) is 0 Å². The molecule has 4 N–H and O–H groups in total. The largest absolute Gasteiger partial charge is 0.370 e. The minimum absolute atomic E-state index is 0.0582. The number of rotatable bonds is 4. The van der Waals surface area contributed by atoms with Gasteiger partial charge < -0.3 is 16.4 Å². The summed E-state index contributed by atoms with van der Waals surface area (Å²) < 4.78 is 0. The van der Waals surface area contributed by atoms with Crippen LogP contribution < -0.4 is 11.5 Å². The van der Waals surface area contributed by atoms with Crippen molar-refractivity contribution in [1.29, 1.82) is 0 Å². The maximum Gasteiger partial charge on any atom is 0.223 e. The standard InChI is InChI=1S/C9H21N5/c1-4-6-14(7-5-2)9(12-3)13-8(10)11/h4-7H2,1-3H3,(H4,10,11,12,13). The summed E-state index contributed by atoms with van der Waals surface area (Å²) in [5, 5.41) is 0. The van der Waals surface area contributed by atoms with Gasteiger partial charge in [0.25, 0.3) is 0 Å². The summed E-state index contributed by atoms with van der Waals surface area (Å²) in [6.07, 6.45) is 2.11. The molecule has 0 bridgehead atoms. The fourth-order valence-electron chi connectivity index (χ4n) is 1.23. The first kappa shape index (κ1) is 12.7. The second-order valence-corrected chi connectivity index (χ2v) is 3.05. The van der Waals surface area contributed by atoms with Crippen molar-refractivity contribution < 1.29 is 0 Å². The van der Waals surface area contributed by atoms with E-state index < -0.39 is 0 Å². The van der Waals surface area contributed by atoms with Crippen LogP contribution >= 0.6 is 0 Å². The summed E-state index contributed by atoms with van der Waals surface area (Å²) in [4.78, 5) is 10.1. The molecule has 0 aliphatic heterocycles. The fourth-order valence-corrected chi connectivity index (χ4v) is 1.23. The monoisotopic (exact) mass is 199 g/mol. The Balaban J connectivity index is 4.51. The highest BCUT2D eigenvalue weighted by molar-refractivity contribution is 5.93. The number of hydrogen-bond acceptors (Lipinski definition) is 1. The van der Waals surface area contributed by atoms with Gasteiger partial charge in [-0.05, 0) is 12.8 Å². The molecule has 0 aromatic carbocycles. The van der Waals surface area contributed by atoms with Crippen LogP contribution in [0, 0.1) is 0 Å². The van der Waals surface area contributed by atoms with Crippen molar-refractivity contribution in [3.63, 3.8) is 0 Å². The number of nitrogens with zero attached hydrogens (tertiary/aromatic N) is 3. The first-order chi connectivity index (χ1) is 6.65. The molecule has 0 unspecified atom stereocenters. The molecular weight excluding hydrogens is 178 g/mol. The number of aliphatic imine (C=N–C) groups is 2. The Labute approximate surface area is 85.9 Å². The van der Waals surface area contributed by atoms with Gasteiger partial charge in [-0.2, -0.15) is 4.99 Å². The van der Waals surface area contributed by atoms with E-state index in [0.717, 1.165) is 25.9 Å². The van der Waals surface area contributed by atoms with Gasteiger partial charge in [-0.25, -0.2) is 0 Å². The average Bonchev–Trinajstić information content (AvgIpc) is 2.13. The van der Waals surface area contributed by atoms with Gasteiger partial charge in [0.05, 0.1) is 0 Å². The lowest BCUT2D eigenvalue weighted by Gasteiger charge is -2.21. The van der Waals surface area contributed by atoms with E-state index in [2.05, 4.69) is 28.7 Å². The van der Waals surface area contributed by atoms with Crippen molar-refractivity contribution in [2.45, 2.75) is 26.7 Å². The summed E-state index contributed by atoms with van der Waals surface area (Å²) in [6, 6.07) is 0. The molecule has 0 fully saturated rings. The van der Waals surface area contributed by atoms with E-state index in [1.165, 1.54) is 0 Å². The minimum Gasteiger partial charge on any atom is -0.370 e.